The van der Waals surface area contributed by atoms with Crippen molar-refractivity contribution in [3.63, 3.8) is 0 Å². The lowest BCUT2D eigenvalue weighted by Gasteiger charge is -2.19. The number of aryl methyl sites for hydroxylation is 2. The minimum absolute atomic E-state index is 0.350. The van der Waals surface area contributed by atoms with Crippen molar-refractivity contribution in [2.24, 2.45) is 0 Å². The van der Waals surface area contributed by atoms with Gasteiger partial charge in [0, 0.05) is 5.88 Å². The highest BCUT2D eigenvalue weighted by atomic mass is 35.5. The van der Waals surface area contributed by atoms with Crippen molar-refractivity contribution in [3.05, 3.63) is 34.9 Å². The lowest BCUT2D eigenvalue weighted by molar-refractivity contribution is 0.0166. The van der Waals surface area contributed by atoms with Crippen molar-refractivity contribution >= 4 is 11.6 Å². The highest BCUT2D eigenvalue weighted by Crippen LogP contribution is 2.23. The van der Waals surface area contributed by atoms with Crippen LogP contribution in [-0.2, 0) is 0 Å². The summed E-state index contributed by atoms with van der Waals surface area (Å²) >= 11 is 5.53. The van der Waals surface area contributed by atoms with Crippen LogP contribution in [0.4, 0.5) is 0 Å². The second-order valence-corrected chi connectivity index (χ2v) is 4.23. The fourth-order valence-electron chi connectivity index (χ4n) is 1.56. The molecule has 0 aliphatic carbocycles. The van der Waals surface area contributed by atoms with Crippen LogP contribution in [0.3, 0.4) is 0 Å². The molecule has 0 amide bonds. The van der Waals surface area contributed by atoms with Crippen LogP contribution in [0.25, 0.3) is 0 Å². The molecule has 2 unspecified atom stereocenters. The number of rotatable bonds is 4. The van der Waals surface area contributed by atoms with Gasteiger partial charge in [0.25, 0.3) is 0 Å². The van der Waals surface area contributed by atoms with Crippen molar-refractivity contribution in [1.82, 2.24) is 0 Å². The van der Waals surface area contributed by atoms with E-state index in [1.165, 1.54) is 0 Å². The van der Waals surface area contributed by atoms with Gasteiger partial charge in [0.2, 0.25) is 0 Å². The SMILES string of the molecule is Cc1ccc(C)c(C(O)C(O)CCCl)c1. The maximum Gasteiger partial charge on any atom is 0.105 e. The molecular formula is C12H17ClO2. The van der Waals surface area contributed by atoms with Gasteiger partial charge in [-0.05, 0) is 31.4 Å². The molecule has 3 heteroatoms. The number of hydrogen-bond donors (Lipinski definition) is 2. The molecule has 2 nitrogen and oxygen atoms in total. The normalized spacial score (nSPS) is 15.0. The van der Waals surface area contributed by atoms with E-state index in [-0.39, 0.29) is 0 Å². The molecule has 0 fully saturated rings. The molecule has 2 N–H and O–H groups in total. The van der Waals surface area contributed by atoms with Gasteiger partial charge in [-0.3, -0.25) is 0 Å². The molecule has 0 heterocycles. The summed E-state index contributed by atoms with van der Waals surface area (Å²) < 4.78 is 0. The highest BCUT2D eigenvalue weighted by Gasteiger charge is 2.19. The largest absolute Gasteiger partial charge is 0.390 e. The lowest BCUT2D eigenvalue weighted by Crippen LogP contribution is -2.19. The summed E-state index contributed by atoms with van der Waals surface area (Å²) in [6, 6.07) is 5.83. The van der Waals surface area contributed by atoms with E-state index in [4.69, 9.17) is 11.6 Å². The van der Waals surface area contributed by atoms with Gasteiger partial charge in [0.1, 0.15) is 6.10 Å². The molecule has 0 aliphatic heterocycles. The minimum Gasteiger partial charge on any atom is -0.390 e. The second kappa shape index (κ2) is 5.50. The zero-order chi connectivity index (χ0) is 11.4. The first-order valence-corrected chi connectivity index (χ1v) is 5.59. The van der Waals surface area contributed by atoms with Gasteiger partial charge in [-0.1, -0.05) is 23.8 Å². The van der Waals surface area contributed by atoms with Crippen molar-refractivity contribution in [3.8, 4) is 0 Å². The number of benzene rings is 1. The minimum atomic E-state index is -0.844. The Balaban J connectivity index is 2.89. The maximum atomic E-state index is 9.92. The molecule has 1 aromatic carbocycles. The predicted molar refractivity (Wildman–Crippen MR) is 62.2 cm³/mol. The van der Waals surface area contributed by atoms with Gasteiger partial charge >= 0.3 is 0 Å². The summed E-state index contributed by atoms with van der Waals surface area (Å²) in [5.41, 5.74) is 2.85. The molecule has 1 aromatic rings. The highest BCUT2D eigenvalue weighted by molar-refractivity contribution is 6.17. The Morgan fingerprint density at radius 3 is 2.53 bits per heavy atom. The first-order valence-electron chi connectivity index (χ1n) is 5.05. The molecule has 0 spiro atoms. The Morgan fingerprint density at radius 1 is 1.27 bits per heavy atom. The van der Waals surface area contributed by atoms with Crippen LogP contribution in [-0.4, -0.2) is 22.2 Å². The Morgan fingerprint density at radius 2 is 1.93 bits per heavy atom. The summed E-state index contributed by atoms with van der Waals surface area (Å²) in [5.74, 6) is 0.350. The van der Waals surface area contributed by atoms with Crippen LogP contribution in [0.15, 0.2) is 18.2 Å². The zero-order valence-electron chi connectivity index (χ0n) is 9.07. The third kappa shape index (κ3) is 3.20. The summed E-state index contributed by atoms with van der Waals surface area (Å²) in [7, 11) is 0. The Kier molecular flexibility index (Phi) is 4.58. The summed E-state index contributed by atoms with van der Waals surface area (Å²) in [6.45, 7) is 3.88. The van der Waals surface area contributed by atoms with Gasteiger partial charge in [0.05, 0.1) is 6.10 Å². The number of alkyl halides is 1. The van der Waals surface area contributed by atoms with Gasteiger partial charge in [-0.15, -0.1) is 11.6 Å². The number of aliphatic hydroxyl groups excluding tert-OH is 2. The smallest absolute Gasteiger partial charge is 0.105 e. The van der Waals surface area contributed by atoms with Crippen molar-refractivity contribution in [2.75, 3.05) is 5.88 Å². The Hall–Kier alpha value is -0.570. The van der Waals surface area contributed by atoms with Gasteiger partial charge in [0.15, 0.2) is 0 Å². The molecule has 1 rings (SSSR count). The molecule has 0 saturated carbocycles. The van der Waals surface area contributed by atoms with Gasteiger partial charge < -0.3 is 10.2 Å². The first kappa shape index (κ1) is 12.5. The molecule has 84 valence electrons. The molecule has 0 radical (unpaired) electrons. The van der Waals surface area contributed by atoms with E-state index >= 15 is 0 Å². The topological polar surface area (TPSA) is 40.5 Å². The summed E-state index contributed by atoms with van der Waals surface area (Å²) in [4.78, 5) is 0. The number of halogens is 1. The van der Waals surface area contributed by atoms with Crippen molar-refractivity contribution in [1.29, 1.82) is 0 Å². The quantitative estimate of drug-likeness (QED) is 0.777. The van der Waals surface area contributed by atoms with Crippen molar-refractivity contribution < 1.29 is 10.2 Å². The van der Waals surface area contributed by atoms with E-state index in [9.17, 15) is 10.2 Å². The lowest BCUT2D eigenvalue weighted by atomic mass is 9.96. The van der Waals surface area contributed by atoms with Crippen LogP contribution in [0, 0.1) is 13.8 Å². The van der Waals surface area contributed by atoms with Crippen molar-refractivity contribution in [2.45, 2.75) is 32.5 Å². The Bertz CT molecular complexity index is 325. The summed E-state index contributed by atoms with van der Waals surface area (Å²) in [5, 5.41) is 19.6. The van der Waals surface area contributed by atoms with E-state index in [0.717, 1.165) is 16.7 Å². The Labute approximate surface area is 95.5 Å². The average Bonchev–Trinajstić information content (AvgIpc) is 2.21. The predicted octanol–water partition coefficient (Wildman–Crippen LogP) is 2.33. The second-order valence-electron chi connectivity index (χ2n) is 3.85. The fourth-order valence-corrected chi connectivity index (χ4v) is 1.78. The summed E-state index contributed by atoms with van der Waals surface area (Å²) in [6.07, 6.45) is -1.23. The third-order valence-electron chi connectivity index (χ3n) is 2.52. The monoisotopic (exact) mass is 228 g/mol. The van der Waals surface area contributed by atoms with Crippen LogP contribution in [0.1, 0.15) is 29.2 Å². The third-order valence-corrected chi connectivity index (χ3v) is 2.74. The van der Waals surface area contributed by atoms with E-state index in [0.29, 0.717) is 12.3 Å². The molecular weight excluding hydrogens is 212 g/mol. The average molecular weight is 229 g/mol. The number of hydrogen-bond acceptors (Lipinski definition) is 2. The standard InChI is InChI=1S/C12H17ClO2/c1-8-3-4-9(2)10(7-8)12(15)11(14)5-6-13/h3-4,7,11-12,14-15H,5-6H2,1-2H3. The molecule has 0 bridgehead atoms. The first-order chi connectivity index (χ1) is 7.06. The molecule has 0 aliphatic rings. The van der Waals surface area contributed by atoms with E-state index in [1.807, 2.05) is 32.0 Å². The van der Waals surface area contributed by atoms with Gasteiger partial charge in [-0.25, -0.2) is 0 Å². The molecule has 0 aromatic heterocycles. The molecule has 2 atom stereocenters. The van der Waals surface area contributed by atoms with Crippen LogP contribution >= 0.6 is 11.6 Å². The van der Waals surface area contributed by atoms with Crippen LogP contribution < -0.4 is 0 Å². The van der Waals surface area contributed by atoms with E-state index in [2.05, 4.69) is 0 Å². The fraction of sp³-hybridized carbons (Fsp3) is 0.500. The molecule has 15 heavy (non-hydrogen) atoms. The van der Waals surface area contributed by atoms with E-state index in [1.54, 1.807) is 0 Å². The molecule has 0 saturated heterocycles. The van der Waals surface area contributed by atoms with Gasteiger partial charge in [-0.2, -0.15) is 0 Å². The van der Waals surface area contributed by atoms with Crippen LogP contribution in [0.5, 0.6) is 0 Å². The zero-order valence-corrected chi connectivity index (χ0v) is 9.83. The maximum absolute atomic E-state index is 9.92. The van der Waals surface area contributed by atoms with Crippen LogP contribution in [0.2, 0.25) is 0 Å². The van der Waals surface area contributed by atoms with E-state index < -0.39 is 12.2 Å². The number of aliphatic hydroxyl groups is 2.